The van der Waals surface area contributed by atoms with Gasteiger partial charge in [-0.05, 0) is 37.9 Å². The molecule has 1 fully saturated rings. The van der Waals surface area contributed by atoms with E-state index in [0.29, 0.717) is 49.0 Å². The van der Waals surface area contributed by atoms with Crippen molar-refractivity contribution >= 4 is 40.0 Å². The van der Waals surface area contributed by atoms with E-state index in [1.54, 1.807) is 12.5 Å². The molecule has 5 aromatic rings. The Morgan fingerprint density at radius 3 is 2.79 bits per heavy atom. The van der Waals surface area contributed by atoms with Crippen LogP contribution in [0.25, 0.3) is 28.1 Å². The number of carbonyl (C=O) groups excluding carboxylic acids is 1. The molecule has 1 amide bonds. The van der Waals surface area contributed by atoms with Gasteiger partial charge in [-0.3, -0.25) is 9.20 Å². The first-order valence-corrected chi connectivity index (χ1v) is 13.0. The lowest BCUT2D eigenvalue weighted by atomic mass is 9.99. The van der Waals surface area contributed by atoms with Crippen molar-refractivity contribution in [3.63, 3.8) is 0 Å². The Balaban J connectivity index is 1.28. The largest absolute Gasteiger partial charge is 0.445 e. The van der Waals surface area contributed by atoms with Crippen LogP contribution in [0.5, 0.6) is 0 Å². The van der Waals surface area contributed by atoms with E-state index in [0.717, 1.165) is 52.5 Å². The fraction of sp³-hybridized carbons (Fsp3) is 0.286. The summed E-state index contributed by atoms with van der Waals surface area (Å²) in [5.74, 6) is 0.580. The molecule has 0 aliphatic carbocycles. The minimum Gasteiger partial charge on any atom is -0.445 e. The molecule has 11 nitrogen and oxygen atoms in total. The average Bonchev–Trinajstić information content (AvgIpc) is 3.68. The zero-order valence-corrected chi connectivity index (χ0v) is 21.8. The summed E-state index contributed by atoms with van der Waals surface area (Å²) in [6.07, 6.45) is 5.12. The Morgan fingerprint density at radius 1 is 1.08 bits per heavy atom. The summed E-state index contributed by atoms with van der Waals surface area (Å²) in [5, 5.41) is 6.43. The van der Waals surface area contributed by atoms with Crippen LogP contribution < -0.4 is 15.5 Å². The molecule has 0 spiro atoms. The van der Waals surface area contributed by atoms with Crippen molar-refractivity contribution in [2.45, 2.75) is 13.1 Å². The number of furan rings is 1. The van der Waals surface area contributed by atoms with Crippen LogP contribution in [0.1, 0.15) is 21.6 Å². The quantitative estimate of drug-likeness (QED) is 0.345. The summed E-state index contributed by atoms with van der Waals surface area (Å²) >= 11 is 0. The number of benzene rings is 1. The highest BCUT2D eigenvalue weighted by atomic mass is 16.5. The third-order valence-corrected chi connectivity index (χ3v) is 7.22. The van der Waals surface area contributed by atoms with Crippen molar-refractivity contribution in [2.24, 2.45) is 0 Å². The van der Waals surface area contributed by atoms with Crippen molar-refractivity contribution in [1.82, 2.24) is 29.6 Å². The lowest BCUT2D eigenvalue weighted by Crippen LogP contribution is -2.37. The number of hydrogen-bond acceptors (Lipinski definition) is 9. The van der Waals surface area contributed by atoms with E-state index in [1.807, 2.05) is 49.0 Å². The number of nitrogens with one attached hydrogen (secondary N) is 2. The summed E-state index contributed by atoms with van der Waals surface area (Å²) in [7, 11) is 4.07. The molecule has 11 heteroatoms. The highest BCUT2D eigenvalue weighted by molar-refractivity contribution is 6.06. The summed E-state index contributed by atoms with van der Waals surface area (Å²) < 4.78 is 13.1. The standard InChI is InChI=1S/C28H28N8O3/c1-34(2)16-20-21(35-8-11-38-12-9-35)5-6-24(33-20)32-19-4-3-17(18-13-30-27(37)26(18)19)23-14-29-25-15-31-28-22(36(23)25)7-10-39-28/h3-7,10,14-15H,8-9,11-13,16H2,1-2H3,(H,30,37)(H,32,33). The van der Waals surface area contributed by atoms with Crippen LogP contribution in [0, 0.1) is 0 Å². The van der Waals surface area contributed by atoms with Crippen molar-refractivity contribution in [2.75, 3.05) is 50.6 Å². The molecule has 0 radical (unpaired) electrons. The van der Waals surface area contributed by atoms with Gasteiger partial charge in [0.25, 0.3) is 5.91 Å². The fourth-order valence-electron chi connectivity index (χ4n) is 5.48. The van der Waals surface area contributed by atoms with Crippen molar-refractivity contribution in [3.8, 4) is 11.3 Å². The number of amides is 1. The van der Waals surface area contributed by atoms with Gasteiger partial charge in [-0.1, -0.05) is 6.07 Å². The third kappa shape index (κ3) is 4.06. The molecule has 7 rings (SSSR count). The van der Waals surface area contributed by atoms with Gasteiger partial charge in [-0.15, -0.1) is 0 Å². The van der Waals surface area contributed by atoms with E-state index in [-0.39, 0.29) is 5.91 Å². The Labute approximate surface area is 224 Å². The summed E-state index contributed by atoms with van der Waals surface area (Å²) in [6, 6.07) is 9.92. The molecule has 1 saturated heterocycles. The summed E-state index contributed by atoms with van der Waals surface area (Å²) in [6.45, 7) is 4.24. The Morgan fingerprint density at radius 2 is 1.95 bits per heavy atom. The van der Waals surface area contributed by atoms with Crippen LogP contribution >= 0.6 is 0 Å². The Kier molecular flexibility index (Phi) is 5.67. The number of morpholine rings is 1. The molecule has 4 aromatic heterocycles. The van der Waals surface area contributed by atoms with Crippen LogP contribution in [0.2, 0.25) is 0 Å². The van der Waals surface area contributed by atoms with Gasteiger partial charge in [0.05, 0.1) is 60.2 Å². The second-order valence-electron chi connectivity index (χ2n) is 10.0. The van der Waals surface area contributed by atoms with Gasteiger partial charge in [0, 0.05) is 37.8 Å². The normalized spacial score (nSPS) is 15.4. The molecule has 39 heavy (non-hydrogen) atoms. The molecular formula is C28H28N8O3. The Hall–Kier alpha value is -4.48. The maximum absolute atomic E-state index is 13.1. The maximum Gasteiger partial charge on any atom is 0.254 e. The van der Waals surface area contributed by atoms with Gasteiger partial charge in [0.2, 0.25) is 5.71 Å². The molecule has 0 saturated carbocycles. The number of ether oxygens (including phenoxy) is 1. The number of rotatable bonds is 6. The van der Waals surface area contributed by atoms with E-state index in [4.69, 9.17) is 14.1 Å². The SMILES string of the molecule is CN(C)Cc1nc(Nc2ccc(-c3cnc4cnc5occc5n34)c3c2C(=O)NC3)ccc1N1CCOCC1. The van der Waals surface area contributed by atoms with Crippen LogP contribution in [-0.2, 0) is 17.8 Å². The predicted octanol–water partition coefficient (Wildman–Crippen LogP) is 3.42. The highest BCUT2D eigenvalue weighted by Crippen LogP contribution is 2.36. The van der Waals surface area contributed by atoms with Crippen LogP contribution in [0.15, 0.2) is 53.4 Å². The number of pyridine rings is 1. The molecule has 2 aliphatic heterocycles. The monoisotopic (exact) mass is 524 g/mol. The lowest BCUT2D eigenvalue weighted by molar-refractivity contribution is 0.0966. The van der Waals surface area contributed by atoms with Crippen molar-refractivity contribution in [3.05, 3.63) is 65.8 Å². The van der Waals surface area contributed by atoms with Gasteiger partial charge in [0.15, 0.2) is 5.65 Å². The summed E-state index contributed by atoms with van der Waals surface area (Å²) in [4.78, 5) is 31.4. The minimum atomic E-state index is -0.114. The molecule has 2 N–H and O–H groups in total. The number of nitrogens with zero attached hydrogens (tertiary/aromatic N) is 6. The highest BCUT2D eigenvalue weighted by Gasteiger charge is 2.28. The van der Waals surface area contributed by atoms with Gasteiger partial charge < -0.3 is 29.6 Å². The molecule has 198 valence electrons. The number of aromatic nitrogens is 4. The zero-order chi connectivity index (χ0) is 26.5. The molecule has 0 unspecified atom stereocenters. The van der Waals surface area contributed by atoms with Crippen molar-refractivity contribution in [1.29, 1.82) is 0 Å². The van der Waals surface area contributed by atoms with Crippen LogP contribution in [0.4, 0.5) is 17.2 Å². The Bertz CT molecular complexity index is 1720. The number of fused-ring (bicyclic) bond motifs is 4. The second-order valence-corrected chi connectivity index (χ2v) is 10.0. The number of carbonyl (C=O) groups is 1. The van der Waals surface area contributed by atoms with E-state index in [1.165, 1.54) is 0 Å². The molecule has 6 heterocycles. The molecule has 1 aromatic carbocycles. The van der Waals surface area contributed by atoms with Crippen LogP contribution in [0.3, 0.4) is 0 Å². The van der Waals surface area contributed by atoms with Gasteiger partial charge >= 0.3 is 0 Å². The predicted molar refractivity (Wildman–Crippen MR) is 147 cm³/mol. The molecule has 0 atom stereocenters. The van der Waals surface area contributed by atoms with Crippen molar-refractivity contribution < 1.29 is 13.9 Å². The topological polar surface area (TPSA) is 113 Å². The van der Waals surface area contributed by atoms with E-state index in [2.05, 4.69) is 36.5 Å². The van der Waals surface area contributed by atoms with Crippen LogP contribution in [-0.4, -0.2) is 70.6 Å². The number of anilines is 3. The zero-order valence-electron chi connectivity index (χ0n) is 21.8. The molecular weight excluding hydrogens is 496 g/mol. The minimum absolute atomic E-state index is 0.114. The van der Waals surface area contributed by atoms with Gasteiger partial charge in [-0.2, -0.15) is 0 Å². The lowest BCUT2D eigenvalue weighted by Gasteiger charge is -2.31. The number of imidazole rings is 1. The molecule has 0 bridgehead atoms. The first-order chi connectivity index (χ1) is 19.1. The second kappa shape index (κ2) is 9.37. The number of hydrogen-bond donors (Lipinski definition) is 2. The first kappa shape index (κ1) is 23.6. The van der Waals surface area contributed by atoms with E-state index >= 15 is 0 Å². The van der Waals surface area contributed by atoms with E-state index in [9.17, 15) is 4.79 Å². The third-order valence-electron chi connectivity index (χ3n) is 7.22. The van der Waals surface area contributed by atoms with E-state index < -0.39 is 0 Å². The fourth-order valence-corrected chi connectivity index (χ4v) is 5.48. The van der Waals surface area contributed by atoms with Gasteiger partial charge in [0.1, 0.15) is 11.3 Å². The average molecular weight is 525 g/mol. The van der Waals surface area contributed by atoms with Gasteiger partial charge in [-0.25, -0.2) is 15.0 Å². The smallest absolute Gasteiger partial charge is 0.254 e. The molecule has 2 aliphatic rings. The summed E-state index contributed by atoms with van der Waals surface area (Å²) in [5.41, 5.74) is 8.22. The first-order valence-electron chi connectivity index (χ1n) is 13.0. The maximum atomic E-state index is 13.1.